The number of aliphatic hydroxyl groups is 2. The van der Waals surface area contributed by atoms with Crippen molar-refractivity contribution in [1.82, 2.24) is 0 Å². The highest BCUT2D eigenvalue weighted by atomic mass is 33.1. The van der Waals surface area contributed by atoms with Gasteiger partial charge in [0.25, 0.3) is 0 Å². The number of carbonyl (C=O) groups is 2. The third kappa shape index (κ3) is 9.39. The molecule has 0 amide bonds. The fourth-order valence-corrected chi connectivity index (χ4v) is 3.10. The summed E-state index contributed by atoms with van der Waals surface area (Å²) in [6.45, 7) is -0.645. The Labute approximate surface area is 124 Å². The molecule has 8 nitrogen and oxygen atoms in total. The Hall–Kier alpha value is -0.520. The Balaban J connectivity index is 3.69. The van der Waals surface area contributed by atoms with Crippen molar-refractivity contribution in [3.05, 3.63) is 0 Å². The second-order valence-electron chi connectivity index (χ2n) is 3.56. The Kier molecular flexibility index (Phi) is 11.9. The van der Waals surface area contributed by atoms with Crippen molar-refractivity contribution >= 4 is 33.5 Å². The van der Waals surface area contributed by atoms with Crippen LogP contribution in [0.5, 0.6) is 0 Å². The molecule has 0 radical (unpaired) electrons. The Morgan fingerprint density at radius 2 is 1.25 bits per heavy atom. The zero-order valence-corrected chi connectivity index (χ0v) is 12.5. The van der Waals surface area contributed by atoms with Crippen LogP contribution in [0.25, 0.3) is 0 Å². The molecule has 0 aromatic heterocycles. The molecule has 20 heavy (non-hydrogen) atoms. The number of hydrogen-bond acceptors (Lipinski definition) is 10. The van der Waals surface area contributed by atoms with E-state index < -0.39 is 24.0 Å². The molecule has 2 unspecified atom stereocenters. The lowest BCUT2D eigenvalue weighted by Crippen LogP contribution is -2.36. The highest BCUT2D eigenvalue weighted by molar-refractivity contribution is 8.76. The van der Waals surface area contributed by atoms with Crippen molar-refractivity contribution in [2.24, 2.45) is 11.5 Å². The van der Waals surface area contributed by atoms with Gasteiger partial charge in [0.2, 0.25) is 0 Å². The molecule has 0 aromatic carbocycles. The first kappa shape index (κ1) is 19.5. The summed E-state index contributed by atoms with van der Waals surface area (Å²) in [6, 6.07) is -1.59. The number of esters is 2. The molecule has 0 heterocycles. The van der Waals surface area contributed by atoms with E-state index in [1.807, 2.05) is 0 Å². The van der Waals surface area contributed by atoms with Crippen molar-refractivity contribution in [1.29, 1.82) is 0 Å². The molecule has 6 N–H and O–H groups in total. The average Bonchev–Trinajstić information content (AvgIpc) is 2.45. The summed E-state index contributed by atoms with van der Waals surface area (Å²) >= 11 is 0. The van der Waals surface area contributed by atoms with Gasteiger partial charge in [-0.15, -0.1) is 0 Å². The van der Waals surface area contributed by atoms with Gasteiger partial charge in [-0.1, -0.05) is 21.6 Å². The smallest absolute Gasteiger partial charge is 0.323 e. The predicted molar refractivity (Wildman–Crippen MR) is 77.0 cm³/mol. The van der Waals surface area contributed by atoms with Gasteiger partial charge < -0.3 is 31.2 Å². The van der Waals surface area contributed by atoms with Crippen molar-refractivity contribution in [2.45, 2.75) is 12.1 Å². The van der Waals surface area contributed by atoms with Crippen LogP contribution in [0.1, 0.15) is 0 Å². The monoisotopic (exact) mass is 328 g/mol. The van der Waals surface area contributed by atoms with Crippen LogP contribution < -0.4 is 11.5 Å². The number of carbonyl (C=O) groups excluding carboxylic acids is 2. The Morgan fingerprint density at radius 1 is 0.900 bits per heavy atom. The Morgan fingerprint density at radius 3 is 1.55 bits per heavy atom. The molecule has 0 bridgehead atoms. The van der Waals surface area contributed by atoms with Crippen LogP contribution in [-0.4, -0.2) is 72.2 Å². The summed E-state index contributed by atoms with van der Waals surface area (Å²) in [5, 5.41) is 17.0. The van der Waals surface area contributed by atoms with E-state index in [9.17, 15) is 9.59 Å². The van der Waals surface area contributed by atoms with E-state index in [0.29, 0.717) is 11.5 Å². The van der Waals surface area contributed by atoms with E-state index in [1.54, 1.807) is 0 Å². The molecular weight excluding hydrogens is 308 g/mol. The van der Waals surface area contributed by atoms with E-state index in [4.69, 9.17) is 21.7 Å². The van der Waals surface area contributed by atoms with Crippen molar-refractivity contribution < 1.29 is 29.3 Å². The normalized spacial score (nSPS) is 13.6. The molecule has 0 aromatic rings. The average molecular weight is 328 g/mol. The topological polar surface area (TPSA) is 145 Å². The van der Waals surface area contributed by atoms with Crippen molar-refractivity contribution in [3.8, 4) is 0 Å². The number of ether oxygens (including phenoxy) is 2. The standard InChI is InChI=1S/C10H20N2O6S2/c11-7(9(15)17-3-1-13)5-19-20-6-8(12)10(16)18-4-2-14/h7-8,13-14H,1-6,11-12H2. The van der Waals surface area contributed by atoms with Gasteiger partial charge in [0.05, 0.1) is 13.2 Å². The summed E-state index contributed by atoms with van der Waals surface area (Å²) in [4.78, 5) is 22.5. The second-order valence-corrected chi connectivity index (χ2v) is 6.12. The lowest BCUT2D eigenvalue weighted by Gasteiger charge is -2.12. The number of hydrogen-bond donors (Lipinski definition) is 4. The van der Waals surface area contributed by atoms with Crippen LogP contribution in [0.2, 0.25) is 0 Å². The summed E-state index contributed by atoms with van der Waals surface area (Å²) in [7, 11) is 2.57. The quantitative estimate of drug-likeness (QED) is 0.193. The minimum Gasteiger partial charge on any atom is -0.462 e. The van der Waals surface area contributed by atoms with Gasteiger partial charge in [-0.25, -0.2) is 0 Å². The lowest BCUT2D eigenvalue weighted by molar-refractivity contribution is -0.146. The maximum Gasteiger partial charge on any atom is 0.323 e. The Bertz CT molecular complexity index is 267. The summed E-state index contributed by atoms with van der Waals surface area (Å²) in [5.41, 5.74) is 11.1. The van der Waals surface area contributed by atoms with Crippen LogP contribution in [0.3, 0.4) is 0 Å². The fraction of sp³-hybridized carbons (Fsp3) is 0.800. The molecule has 0 fully saturated rings. The van der Waals surface area contributed by atoms with Gasteiger partial charge >= 0.3 is 11.9 Å². The van der Waals surface area contributed by atoms with E-state index in [2.05, 4.69) is 9.47 Å². The van der Waals surface area contributed by atoms with Crippen LogP contribution in [0, 0.1) is 0 Å². The molecule has 0 saturated carbocycles. The van der Waals surface area contributed by atoms with E-state index in [1.165, 1.54) is 21.6 Å². The first-order chi connectivity index (χ1) is 9.52. The highest BCUT2D eigenvalue weighted by Gasteiger charge is 2.17. The largest absolute Gasteiger partial charge is 0.462 e. The highest BCUT2D eigenvalue weighted by Crippen LogP contribution is 2.22. The number of aliphatic hydroxyl groups excluding tert-OH is 2. The first-order valence-electron chi connectivity index (χ1n) is 5.83. The van der Waals surface area contributed by atoms with Crippen LogP contribution >= 0.6 is 21.6 Å². The van der Waals surface area contributed by atoms with Gasteiger partial charge in [-0.3, -0.25) is 9.59 Å². The third-order valence-corrected chi connectivity index (χ3v) is 4.33. The molecule has 2 atom stereocenters. The molecule has 0 rings (SSSR count). The minimum atomic E-state index is -0.795. The molecule has 0 spiro atoms. The zero-order chi connectivity index (χ0) is 15.4. The van der Waals surface area contributed by atoms with Crippen LogP contribution in [0.4, 0.5) is 0 Å². The van der Waals surface area contributed by atoms with Gasteiger partial charge in [0.15, 0.2) is 0 Å². The predicted octanol–water partition coefficient (Wildman–Crippen LogP) is -1.91. The van der Waals surface area contributed by atoms with Crippen molar-refractivity contribution in [3.63, 3.8) is 0 Å². The summed E-state index contributed by atoms with van der Waals surface area (Å²) in [5.74, 6) is -0.571. The lowest BCUT2D eigenvalue weighted by atomic mass is 10.4. The molecule has 0 aliphatic rings. The van der Waals surface area contributed by atoms with Gasteiger partial charge in [0, 0.05) is 11.5 Å². The molecule has 10 heteroatoms. The molecule has 118 valence electrons. The van der Waals surface area contributed by atoms with Crippen molar-refractivity contribution in [2.75, 3.05) is 37.9 Å². The SMILES string of the molecule is NC(CSSCC(N)C(=O)OCCO)C(=O)OCCO. The van der Waals surface area contributed by atoms with Gasteiger partial charge in [-0.2, -0.15) is 0 Å². The molecule has 0 aliphatic carbocycles. The van der Waals surface area contributed by atoms with E-state index in [0.717, 1.165) is 0 Å². The number of rotatable bonds is 11. The zero-order valence-electron chi connectivity index (χ0n) is 10.9. The van der Waals surface area contributed by atoms with Gasteiger partial charge in [0.1, 0.15) is 25.3 Å². The minimum absolute atomic E-state index is 0.0775. The number of nitrogens with two attached hydrogens (primary N) is 2. The van der Waals surface area contributed by atoms with Crippen LogP contribution in [0.15, 0.2) is 0 Å². The summed E-state index contributed by atoms with van der Waals surface area (Å²) in [6.07, 6.45) is 0. The first-order valence-corrected chi connectivity index (χ1v) is 8.32. The van der Waals surface area contributed by atoms with E-state index >= 15 is 0 Å². The molecule has 0 saturated heterocycles. The van der Waals surface area contributed by atoms with E-state index in [-0.39, 0.29) is 26.4 Å². The summed E-state index contributed by atoms with van der Waals surface area (Å²) < 4.78 is 9.31. The third-order valence-electron chi connectivity index (χ3n) is 1.86. The fourth-order valence-electron chi connectivity index (χ4n) is 0.885. The second kappa shape index (κ2) is 12.2. The maximum absolute atomic E-state index is 11.3. The maximum atomic E-state index is 11.3. The van der Waals surface area contributed by atoms with Gasteiger partial charge in [-0.05, 0) is 0 Å². The van der Waals surface area contributed by atoms with Crippen LogP contribution in [-0.2, 0) is 19.1 Å². The molecule has 0 aliphatic heterocycles. The molecular formula is C10H20N2O6S2.